The van der Waals surface area contributed by atoms with Crippen molar-refractivity contribution in [2.45, 2.75) is 44.2 Å². The molecule has 0 radical (unpaired) electrons. The van der Waals surface area contributed by atoms with Crippen molar-refractivity contribution in [2.75, 3.05) is 25.1 Å². The van der Waals surface area contributed by atoms with Gasteiger partial charge in [-0.3, -0.25) is 9.59 Å². The van der Waals surface area contributed by atoms with E-state index in [1.54, 1.807) is 25.0 Å². The van der Waals surface area contributed by atoms with Crippen LogP contribution in [0.2, 0.25) is 0 Å². The molecule has 1 aliphatic heterocycles. The summed E-state index contributed by atoms with van der Waals surface area (Å²) in [5.41, 5.74) is 6.70. The Kier molecular flexibility index (Phi) is 5.29. The van der Waals surface area contributed by atoms with Crippen LogP contribution in [0.3, 0.4) is 0 Å². The number of anilines is 1. The third-order valence-corrected chi connectivity index (χ3v) is 5.62. The van der Waals surface area contributed by atoms with Gasteiger partial charge in [0.2, 0.25) is 11.8 Å². The molecule has 2 fully saturated rings. The second-order valence-corrected chi connectivity index (χ2v) is 7.32. The third-order valence-electron chi connectivity index (χ3n) is 5.62. The van der Waals surface area contributed by atoms with Gasteiger partial charge in [0.25, 0.3) is 0 Å². The smallest absolute Gasteiger partial charge is 0.249 e. The van der Waals surface area contributed by atoms with Gasteiger partial charge >= 0.3 is 0 Å². The van der Waals surface area contributed by atoms with E-state index < -0.39 is 11.6 Å². The molecule has 0 bridgehead atoms. The molecule has 1 atom stereocenters. The van der Waals surface area contributed by atoms with E-state index in [1.165, 1.54) is 12.1 Å². The van der Waals surface area contributed by atoms with Crippen molar-refractivity contribution in [3.05, 3.63) is 29.6 Å². The van der Waals surface area contributed by atoms with Crippen molar-refractivity contribution in [3.63, 3.8) is 0 Å². The number of hydrogen-bond donors (Lipinski definition) is 2. The molecule has 1 saturated carbocycles. The number of halogens is 1. The summed E-state index contributed by atoms with van der Waals surface area (Å²) < 4.78 is 18.7. The van der Waals surface area contributed by atoms with Crippen molar-refractivity contribution < 1.29 is 18.7 Å². The Morgan fingerprint density at radius 1 is 1.46 bits per heavy atom. The van der Waals surface area contributed by atoms with Crippen LogP contribution in [0.1, 0.15) is 31.2 Å². The monoisotopic (exact) mass is 363 g/mol. The number of methoxy groups -OCH3 is 1. The summed E-state index contributed by atoms with van der Waals surface area (Å²) in [4.78, 5) is 27.0. The molecule has 26 heavy (non-hydrogen) atoms. The van der Waals surface area contributed by atoms with Crippen LogP contribution in [-0.2, 0) is 14.3 Å². The van der Waals surface area contributed by atoms with Gasteiger partial charge in [-0.1, -0.05) is 0 Å². The molecule has 1 heterocycles. The molecule has 0 aromatic heterocycles. The first-order valence-electron chi connectivity index (χ1n) is 9.02. The second-order valence-electron chi connectivity index (χ2n) is 7.32. The number of ether oxygens (including phenoxy) is 1. The number of nitrogens with two attached hydrogens (primary N) is 1. The van der Waals surface area contributed by atoms with E-state index in [0.29, 0.717) is 43.6 Å². The Balaban J connectivity index is 1.64. The first-order chi connectivity index (χ1) is 12.4. The fourth-order valence-electron chi connectivity index (χ4n) is 3.90. The maximum Gasteiger partial charge on any atom is 0.249 e. The molecule has 6 nitrogen and oxygen atoms in total. The largest absolute Gasteiger partial charge is 0.377 e. The zero-order valence-corrected chi connectivity index (χ0v) is 15.3. The summed E-state index contributed by atoms with van der Waals surface area (Å²) >= 11 is 0. The molecule has 142 valence electrons. The van der Waals surface area contributed by atoms with E-state index in [1.807, 2.05) is 0 Å². The fraction of sp³-hybridized carbons (Fsp3) is 0.579. The molecule has 1 unspecified atom stereocenters. The zero-order chi connectivity index (χ0) is 18.9. The lowest BCUT2D eigenvalue weighted by atomic mass is 9.70. The zero-order valence-electron chi connectivity index (χ0n) is 15.3. The number of nitrogens with one attached hydrogen (secondary N) is 1. The molecule has 3 N–H and O–H groups in total. The van der Waals surface area contributed by atoms with Crippen LogP contribution in [0.15, 0.2) is 18.2 Å². The standard InChI is InChI=1S/C19H26FN3O3/c1-12-8-14(20)5-6-16(12)23-7-3-4-15(18(23)25)22-17(24)13-9-19(10-13,11-21)26-2/h5-6,8,13,15H,3-4,7,9-11,21H2,1-2H3,(H,22,24). The van der Waals surface area contributed by atoms with Gasteiger partial charge in [0, 0.05) is 31.8 Å². The normalized spacial score (nSPS) is 28.6. The van der Waals surface area contributed by atoms with Crippen molar-refractivity contribution in [1.82, 2.24) is 5.32 Å². The van der Waals surface area contributed by atoms with E-state index in [9.17, 15) is 14.0 Å². The maximum absolute atomic E-state index is 13.3. The number of carbonyl (C=O) groups excluding carboxylic acids is 2. The molecule has 3 rings (SSSR count). The summed E-state index contributed by atoms with van der Waals surface area (Å²) in [5.74, 6) is -0.765. The van der Waals surface area contributed by atoms with Gasteiger partial charge in [-0.15, -0.1) is 0 Å². The predicted octanol–water partition coefficient (Wildman–Crippen LogP) is 1.50. The number of hydrogen-bond acceptors (Lipinski definition) is 4. The van der Waals surface area contributed by atoms with Crippen LogP contribution in [0.4, 0.5) is 10.1 Å². The van der Waals surface area contributed by atoms with E-state index in [-0.39, 0.29) is 23.5 Å². The van der Waals surface area contributed by atoms with Gasteiger partial charge in [0.1, 0.15) is 11.9 Å². The van der Waals surface area contributed by atoms with Crippen LogP contribution in [0, 0.1) is 18.7 Å². The Morgan fingerprint density at radius 2 is 2.19 bits per heavy atom. The predicted molar refractivity (Wildman–Crippen MR) is 96.2 cm³/mol. The molecule has 1 aliphatic carbocycles. The first-order valence-corrected chi connectivity index (χ1v) is 9.02. The van der Waals surface area contributed by atoms with Crippen LogP contribution in [0.5, 0.6) is 0 Å². The van der Waals surface area contributed by atoms with E-state index in [0.717, 1.165) is 6.42 Å². The SMILES string of the molecule is COC1(CN)CC(C(=O)NC2CCCN(c3ccc(F)cc3C)C2=O)C1. The van der Waals surface area contributed by atoms with Gasteiger partial charge in [-0.2, -0.15) is 0 Å². The highest BCUT2D eigenvalue weighted by Crippen LogP contribution is 2.40. The lowest BCUT2D eigenvalue weighted by molar-refractivity contribution is -0.147. The number of rotatable bonds is 5. The van der Waals surface area contributed by atoms with E-state index in [2.05, 4.69) is 5.32 Å². The molecular formula is C19H26FN3O3. The summed E-state index contributed by atoms with van der Waals surface area (Å²) in [7, 11) is 1.61. The van der Waals surface area contributed by atoms with Gasteiger partial charge < -0.3 is 20.7 Å². The fourth-order valence-corrected chi connectivity index (χ4v) is 3.90. The molecule has 2 amide bonds. The van der Waals surface area contributed by atoms with E-state index >= 15 is 0 Å². The average molecular weight is 363 g/mol. The number of aryl methyl sites for hydroxylation is 1. The lowest BCUT2D eigenvalue weighted by Crippen LogP contribution is -2.59. The number of carbonyl (C=O) groups is 2. The van der Waals surface area contributed by atoms with Crippen LogP contribution >= 0.6 is 0 Å². The molecular weight excluding hydrogens is 337 g/mol. The molecule has 1 aromatic rings. The topological polar surface area (TPSA) is 84.7 Å². The van der Waals surface area contributed by atoms with Crippen LogP contribution in [-0.4, -0.2) is 43.7 Å². The van der Waals surface area contributed by atoms with Gasteiger partial charge in [0.15, 0.2) is 0 Å². The summed E-state index contributed by atoms with van der Waals surface area (Å²) in [6, 6.07) is 3.84. The molecule has 1 aromatic carbocycles. The van der Waals surface area contributed by atoms with Crippen molar-refractivity contribution in [1.29, 1.82) is 0 Å². The third kappa shape index (κ3) is 3.46. The Morgan fingerprint density at radius 3 is 2.81 bits per heavy atom. The minimum absolute atomic E-state index is 0.123. The number of amides is 2. The highest BCUT2D eigenvalue weighted by atomic mass is 19.1. The lowest BCUT2D eigenvalue weighted by Gasteiger charge is -2.45. The average Bonchev–Trinajstić information content (AvgIpc) is 2.57. The minimum atomic E-state index is -0.545. The van der Waals surface area contributed by atoms with Crippen LogP contribution < -0.4 is 16.0 Å². The first kappa shape index (κ1) is 18.8. The molecule has 2 aliphatic rings. The van der Waals surface area contributed by atoms with Gasteiger partial charge in [-0.25, -0.2) is 4.39 Å². The van der Waals surface area contributed by atoms with Gasteiger partial charge in [0.05, 0.1) is 5.60 Å². The summed E-state index contributed by atoms with van der Waals surface area (Å²) in [6.45, 7) is 2.73. The summed E-state index contributed by atoms with van der Waals surface area (Å²) in [6.07, 6.45) is 2.55. The number of piperidine rings is 1. The van der Waals surface area contributed by atoms with Gasteiger partial charge in [-0.05, 0) is 56.4 Å². The Labute approximate surface area is 152 Å². The van der Waals surface area contributed by atoms with E-state index in [4.69, 9.17) is 10.5 Å². The van der Waals surface area contributed by atoms with Crippen molar-refractivity contribution in [3.8, 4) is 0 Å². The van der Waals surface area contributed by atoms with Crippen LogP contribution in [0.25, 0.3) is 0 Å². The Bertz CT molecular complexity index is 697. The van der Waals surface area contributed by atoms with Crippen molar-refractivity contribution in [2.24, 2.45) is 11.7 Å². The maximum atomic E-state index is 13.3. The molecule has 1 saturated heterocycles. The highest BCUT2D eigenvalue weighted by molar-refractivity contribution is 6.00. The highest BCUT2D eigenvalue weighted by Gasteiger charge is 2.47. The second kappa shape index (κ2) is 7.32. The molecule has 0 spiro atoms. The minimum Gasteiger partial charge on any atom is -0.377 e. The van der Waals surface area contributed by atoms with Crippen molar-refractivity contribution >= 4 is 17.5 Å². The number of nitrogens with zero attached hydrogens (tertiary/aromatic N) is 1. The Hall–Kier alpha value is -1.99. The number of benzene rings is 1. The molecule has 7 heteroatoms. The quantitative estimate of drug-likeness (QED) is 0.830. The summed E-state index contributed by atoms with van der Waals surface area (Å²) in [5, 5.41) is 2.89.